The largest absolute Gasteiger partial charge is 0.382 e. The number of anilines is 1. The zero-order valence-electron chi connectivity index (χ0n) is 11.2. The average Bonchev–Trinajstić information content (AvgIpc) is 2.69. The van der Waals surface area contributed by atoms with Crippen LogP contribution >= 0.6 is 0 Å². The summed E-state index contributed by atoms with van der Waals surface area (Å²) in [6, 6.07) is 0. The molecule has 2 aromatic rings. The summed E-state index contributed by atoms with van der Waals surface area (Å²) < 4.78 is 2.22. The van der Waals surface area contributed by atoms with E-state index in [1.807, 2.05) is 0 Å². The Hall–Kier alpha value is -1.58. The number of fused-ring (bicyclic) bond motifs is 3. The molecule has 2 aromatic heterocycles. The average molecular weight is 244 g/mol. The van der Waals surface area contributed by atoms with Gasteiger partial charge in [0, 0.05) is 19.2 Å². The third-order valence-electron chi connectivity index (χ3n) is 3.88. The summed E-state index contributed by atoms with van der Waals surface area (Å²) in [5.41, 5.74) is 10.8. The van der Waals surface area contributed by atoms with E-state index in [0.717, 1.165) is 37.0 Å². The van der Waals surface area contributed by atoms with E-state index in [1.54, 1.807) is 0 Å². The van der Waals surface area contributed by atoms with E-state index in [9.17, 15) is 0 Å². The number of aromatic nitrogens is 3. The van der Waals surface area contributed by atoms with E-state index >= 15 is 0 Å². The lowest BCUT2D eigenvalue weighted by Crippen LogP contribution is -2.10. The van der Waals surface area contributed by atoms with Gasteiger partial charge in [0.05, 0.1) is 5.52 Å². The van der Waals surface area contributed by atoms with Gasteiger partial charge in [-0.3, -0.25) is 0 Å². The predicted molar refractivity (Wildman–Crippen MR) is 73.6 cm³/mol. The molecule has 0 spiro atoms. The van der Waals surface area contributed by atoms with Gasteiger partial charge in [0.2, 0.25) is 0 Å². The molecule has 0 aliphatic heterocycles. The maximum atomic E-state index is 6.07. The van der Waals surface area contributed by atoms with Gasteiger partial charge in [0.1, 0.15) is 11.3 Å². The van der Waals surface area contributed by atoms with Crippen molar-refractivity contribution < 1.29 is 0 Å². The Morgan fingerprint density at radius 2 is 2.00 bits per heavy atom. The molecule has 0 atom stereocenters. The highest BCUT2D eigenvalue weighted by atomic mass is 15.1. The van der Waals surface area contributed by atoms with Gasteiger partial charge in [-0.1, -0.05) is 6.92 Å². The van der Waals surface area contributed by atoms with Crippen molar-refractivity contribution in [1.82, 2.24) is 14.5 Å². The van der Waals surface area contributed by atoms with E-state index in [1.165, 1.54) is 29.6 Å². The molecule has 4 heteroatoms. The molecular formula is C14H20N4. The molecule has 0 bridgehead atoms. The van der Waals surface area contributed by atoms with Crippen LogP contribution in [0.25, 0.3) is 11.0 Å². The summed E-state index contributed by atoms with van der Waals surface area (Å²) >= 11 is 0. The van der Waals surface area contributed by atoms with Gasteiger partial charge < -0.3 is 10.3 Å². The predicted octanol–water partition coefficient (Wildman–Crippen LogP) is 2.38. The molecule has 4 nitrogen and oxygen atoms in total. The number of hydrogen-bond donors (Lipinski definition) is 1. The van der Waals surface area contributed by atoms with Crippen molar-refractivity contribution in [2.45, 2.75) is 45.4 Å². The fourth-order valence-corrected chi connectivity index (χ4v) is 2.98. The molecule has 2 N–H and O–H groups in total. The van der Waals surface area contributed by atoms with E-state index in [4.69, 9.17) is 5.73 Å². The number of aryl methyl sites for hydroxylation is 4. The van der Waals surface area contributed by atoms with Crippen LogP contribution in [-0.4, -0.2) is 14.5 Å². The van der Waals surface area contributed by atoms with Gasteiger partial charge in [-0.2, -0.15) is 0 Å². The molecular weight excluding hydrogens is 224 g/mol. The van der Waals surface area contributed by atoms with E-state index < -0.39 is 0 Å². The first-order valence-electron chi connectivity index (χ1n) is 6.85. The highest BCUT2D eigenvalue weighted by molar-refractivity contribution is 5.89. The molecule has 0 aromatic carbocycles. The first-order chi connectivity index (χ1) is 8.72. The highest BCUT2D eigenvalue weighted by Gasteiger charge is 2.20. The van der Waals surface area contributed by atoms with Crippen molar-refractivity contribution in [3.8, 4) is 0 Å². The molecule has 0 saturated heterocycles. The molecule has 0 saturated carbocycles. The number of nitrogens with zero attached hydrogens (tertiary/aromatic N) is 3. The van der Waals surface area contributed by atoms with Crippen LogP contribution < -0.4 is 5.73 Å². The van der Waals surface area contributed by atoms with Crippen LogP contribution in [0.3, 0.4) is 0 Å². The van der Waals surface area contributed by atoms with Gasteiger partial charge in [-0.05, 0) is 37.7 Å². The Morgan fingerprint density at radius 3 is 2.78 bits per heavy atom. The minimum absolute atomic E-state index is 0.601. The molecule has 1 aliphatic rings. The summed E-state index contributed by atoms with van der Waals surface area (Å²) in [4.78, 5) is 9.24. The molecule has 96 valence electrons. The van der Waals surface area contributed by atoms with Crippen molar-refractivity contribution in [3.05, 3.63) is 17.1 Å². The molecule has 0 fully saturated rings. The van der Waals surface area contributed by atoms with Crippen LogP contribution in [-0.2, 0) is 26.3 Å². The molecule has 2 heterocycles. The van der Waals surface area contributed by atoms with E-state index in [-0.39, 0.29) is 0 Å². The summed E-state index contributed by atoms with van der Waals surface area (Å²) in [5, 5.41) is 0. The molecule has 18 heavy (non-hydrogen) atoms. The van der Waals surface area contributed by atoms with Gasteiger partial charge in [0.25, 0.3) is 0 Å². The smallest absolute Gasteiger partial charge is 0.151 e. The summed E-state index contributed by atoms with van der Waals surface area (Å²) in [6.45, 7) is 2.18. The molecule has 0 unspecified atom stereocenters. The standard InChI is InChI=1S/C14H20N4/c1-3-6-11-17-12-13(18(11)2)9-7-4-5-8-10(9)16-14(12)15/h3-8H2,1-2H3,(H2,15,16). The van der Waals surface area contributed by atoms with Gasteiger partial charge >= 0.3 is 0 Å². The number of nitrogen functional groups attached to an aromatic ring is 1. The Kier molecular flexibility index (Phi) is 2.73. The highest BCUT2D eigenvalue weighted by Crippen LogP contribution is 2.30. The fourth-order valence-electron chi connectivity index (χ4n) is 2.98. The topological polar surface area (TPSA) is 56.7 Å². The van der Waals surface area contributed by atoms with E-state index in [2.05, 4.69) is 28.5 Å². The summed E-state index contributed by atoms with van der Waals surface area (Å²) in [7, 11) is 2.11. The molecule has 3 rings (SSSR count). The molecule has 1 aliphatic carbocycles. The normalized spacial score (nSPS) is 15.0. The Morgan fingerprint density at radius 1 is 1.22 bits per heavy atom. The van der Waals surface area contributed by atoms with Gasteiger partial charge in [-0.15, -0.1) is 0 Å². The molecule has 0 radical (unpaired) electrons. The van der Waals surface area contributed by atoms with Gasteiger partial charge in [0.15, 0.2) is 5.82 Å². The zero-order chi connectivity index (χ0) is 12.7. The minimum Gasteiger partial charge on any atom is -0.382 e. The second-order valence-electron chi connectivity index (χ2n) is 5.16. The lowest BCUT2D eigenvalue weighted by atomic mass is 9.95. The van der Waals surface area contributed by atoms with Crippen LogP contribution in [0.5, 0.6) is 0 Å². The van der Waals surface area contributed by atoms with Crippen LogP contribution in [0.15, 0.2) is 0 Å². The van der Waals surface area contributed by atoms with Crippen molar-refractivity contribution in [2.24, 2.45) is 7.05 Å². The maximum absolute atomic E-state index is 6.07. The Labute approximate surface area is 107 Å². The second kappa shape index (κ2) is 4.26. The lowest BCUT2D eigenvalue weighted by Gasteiger charge is -2.17. The zero-order valence-corrected chi connectivity index (χ0v) is 11.2. The van der Waals surface area contributed by atoms with Crippen molar-refractivity contribution >= 4 is 16.9 Å². The maximum Gasteiger partial charge on any atom is 0.151 e. The third kappa shape index (κ3) is 1.59. The minimum atomic E-state index is 0.601. The monoisotopic (exact) mass is 244 g/mol. The number of nitrogens with two attached hydrogens (primary N) is 1. The number of pyridine rings is 1. The van der Waals surface area contributed by atoms with Gasteiger partial charge in [-0.25, -0.2) is 9.97 Å². The van der Waals surface area contributed by atoms with Crippen molar-refractivity contribution in [1.29, 1.82) is 0 Å². The Bertz CT molecular complexity index is 598. The van der Waals surface area contributed by atoms with Crippen molar-refractivity contribution in [3.63, 3.8) is 0 Å². The first kappa shape index (κ1) is 11.5. The summed E-state index contributed by atoms with van der Waals surface area (Å²) in [5.74, 6) is 1.73. The summed E-state index contributed by atoms with van der Waals surface area (Å²) in [6.07, 6.45) is 6.76. The second-order valence-corrected chi connectivity index (χ2v) is 5.16. The van der Waals surface area contributed by atoms with Crippen LogP contribution in [0, 0.1) is 0 Å². The molecule has 0 amide bonds. The van der Waals surface area contributed by atoms with Crippen LogP contribution in [0.1, 0.15) is 43.3 Å². The van der Waals surface area contributed by atoms with E-state index in [0.29, 0.717) is 5.82 Å². The van der Waals surface area contributed by atoms with Crippen LogP contribution in [0.4, 0.5) is 5.82 Å². The Balaban J connectivity index is 2.30. The third-order valence-corrected chi connectivity index (χ3v) is 3.88. The number of imidazole rings is 1. The van der Waals surface area contributed by atoms with Crippen molar-refractivity contribution in [2.75, 3.05) is 5.73 Å². The lowest BCUT2D eigenvalue weighted by molar-refractivity contribution is 0.669. The first-order valence-corrected chi connectivity index (χ1v) is 6.85. The van der Waals surface area contributed by atoms with Crippen LogP contribution in [0.2, 0.25) is 0 Å². The number of rotatable bonds is 2. The SMILES string of the molecule is CCCc1nc2c(N)nc3c(c2n1C)CCCC3. The fraction of sp³-hybridized carbons (Fsp3) is 0.571. The number of hydrogen-bond acceptors (Lipinski definition) is 3. The quantitative estimate of drug-likeness (QED) is 0.882.